The van der Waals surface area contributed by atoms with Crippen LogP contribution in [0.4, 0.5) is 10.5 Å². The molecule has 2 aromatic rings. The monoisotopic (exact) mass is 610 g/mol. The zero-order valence-electron chi connectivity index (χ0n) is 27.0. The van der Waals surface area contributed by atoms with Gasteiger partial charge in [0.2, 0.25) is 5.91 Å². The molecule has 0 spiro atoms. The van der Waals surface area contributed by atoms with Crippen LogP contribution in [0.1, 0.15) is 69.8 Å². The zero-order valence-corrected chi connectivity index (χ0v) is 27.0. The number of amides is 4. The topological polar surface area (TPSA) is 120 Å². The second-order valence-electron chi connectivity index (χ2n) is 12.2. The van der Waals surface area contributed by atoms with E-state index in [1.54, 1.807) is 42.0 Å². The first-order chi connectivity index (χ1) is 21.0. The van der Waals surface area contributed by atoms with Gasteiger partial charge in [-0.25, -0.2) is 4.79 Å². The highest BCUT2D eigenvalue weighted by Gasteiger charge is 2.31. The molecule has 2 aromatic carbocycles. The number of carbonyl (C=O) groups is 3. The third-order valence-electron chi connectivity index (χ3n) is 7.76. The Morgan fingerprint density at radius 2 is 1.82 bits per heavy atom. The van der Waals surface area contributed by atoms with Crippen LogP contribution in [-0.2, 0) is 16.0 Å². The summed E-state index contributed by atoms with van der Waals surface area (Å²) in [4.78, 5) is 43.0. The molecule has 0 unspecified atom stereocenters. The van der Waals surface area contributed by atoms with E-state index >= 15 is 0 Å². The van der Waals surface area contributed by atoms with E-state index < -0.39 is 6.04 Å². The van der Waals surface area contributed by atoms with Crippen LogP contribution in [0.2, 0.25) is 0 Å². The number of fused-ring (bicyclic) bond motifs is 1. The summed E-state index contributed by atoms with van der Waals surface area (Å²) in [6.45, 7) is 10.5. The number of anilines is 1. The normalized spacial score (nSPS) is 20.6. The minimum absolute atomic E-state index is 0.00286. The molecule has 1 aliphatic rings. The second-order valence-corrected chi connectivity index (χ2v) is 12.2. The number of aliphatic hydroxyl groups is 1. The summed E-state index contributed by atoms with van der Waals surface area (Å²) in [6, 6.07) is 13.9. The Bertz CT molecular complexity index is 1220. The lowest BCUT2D eigenvalue weighted by Gasteiger charge is -2.36. The highest BCUT2D eigenvalue weighted by atomic mass is 16.5. The Hall–Kier alpha value is -3.63. The van der Waals surface area contributed by atoms with E-state index in [2.05, 4.69) is 10.6 Å². The molecule has 1 heterocycles. The Labute approximate surface area is 262 Å². The van der Waals surface area contributed by atoms with Crippen LogP contribution < -0.4 is 15.4 Å². The van der Waals surface area contributed by atoms with Gasteiger partial charge in [0.05, 0.1) is 36.8 Å². The number of benzene rings is 2. The Morgan fingerprint density at radius 3 is 2.50 bits per heavy atom. The van der Waals surface area contributed by atoms with Crippen LogP contribution >= 0.6 is 0 Å². The number of carbonyl (C=O) groups excluding carboxylic acids is 3. The maximum Gasteiger partial charge on any atom is 0.317 e. The SMILES string of the molecule is CC(C)NC(=O)N(C)C[C@@H]1OCCCC[C@H](C)Oc2ccc(NC(=O)Cc3ccccc3)cc2C(=O)N([C@H](C)CO)C[C@H]1C. The van der Waals surface area contributed by atoms with Crippen molar-refractivity contribution in [3.05, 3.63) is 59.7 Å². The van der Waals surface area contributed by atoms with E-state index in [1.807, 2.05) is 58.0 Å². The van der Waals surface area contributed by atoms with Crippen LogP contribution in [0.3, 0.4) is 0 Å². The van der Waals surface area contributed by atoms with Crippen molar-refractivity contribution in [3.8, 4) is 5.75 Å². The van der Waals surface area contributed by atoms with E-state index in [9.17, 15) is 19.5 Å². The molecule has 0 fully saturated rings. The highest BCUT2D eigenvalue weighted by Crippen LogP contribution is 2.28. The Kier molecular flexibility index (Phi) is 13.5. The smallest absolute Gasteiger partial charge is 0.317 e. The molecule has 0 aromatic heterocycles. The lowest BCUT2D eigenvalue weighted by molar-refractivity contribution is -0.115. The van der Waals surface area contributed by atoms with Gasteiger partial charge >= 0.3 is 6.03 Å². The molecule has 0 aliphatic carbocycles. The van der Waals surface area contributed by atoms with E-state index in [4.69, 9.17) is 9.47 Å². The molecule has 10 heteroatoms. The number of rotatable bonds is 8. The predicted octanol–water partition coefficient (Wildman–Crippen LogP) is 4.71. The molecule has 0 bridgehead atoms. The first kappa shape index (κ1) is 34.9. The van der Waals surface area contributed by atoms with Crippen LogP contribution in [0.15, 0.2) is 48.5 Å². The minimum atomic E-state index is -0.498. The van der Waals surface area contributed by atoms with Gasteiger partial charge in [-0.15, -0.1) is 0 Å². The van der Waals surface area contributed by atoms with Gasteiger partial charge in [0.25, 0.3) is 5.91 Å². The van der Waals surface area contributed by atoms with E-state index in [1.165, 1.54) is 0 Å². The van der Waals surface area contributed by atoms with Crippen molar-refractivity contribution in [2.75, 3.05) is 38.7 Å². The van der Waals surface area contributed by atoms with Crippen molar-refractivity contribution >= 4 is 23.5 Å². The van der Waals surface area contributed by atoms with Gasteiger partial charge in [0, 0.05) is 44.4 Å². The van der Waals surface area contributed by atoms with E-state index in [0.717, 1.165) is 24.8 Å². The van der Waals surface area contributed by atoms with E-state index in [0.29, 0.717) is 30.2 Å². The summed E-state index contributed by atoms with van der Waals surface area (Å²) < 4.78 is 12.6. The summed E-state index contributed by atoms with van der Waals surface area (Å²) >= 11 is 0. The third-order valence-corrected chi connectivity index (χ3v) is 7.76. The molecule has 0 radical (unpaired) electrons. The lowest BCUT2D eigenvalue weighted by atomic mass is 10.0. The Morgan fingerprint density at radius 1 is 1.09 bits per heavy atom. The van der Waals surface area contributed by atoms with Crippen LogP contribution in [0.25, 0.3) is 0 Å². The van der Waals surface area contributed by atoms with Gasteiger partial charge < -0.3 is 35.0 Å². The predicted molar refractivity (Wildman–Crippen MR) is 172 cm³/mol. The van der Waals surface area contributed by atoms with Crippen molar-refractivity contribution in [2.45, 2.75) is 84.6 Å². The van der Waals surface area contributed by atoms with Crippen LogP contribution in [0, 0.1) is 5.92 Å². The molecular weight excluding hydrogens is 560 g/mol. The van der Waals surface area contributed by atoms with Crippen molar-refractivity contribution in [2.24, 2.45) is 5.92 Å². The zero-order chi connectivity index (χ0) is 32.2. The fraction of sp³-hybridized carbons (Fsp3) is 0.559. The molecular formula is C34H50N4O6. The highest BCUT2D eigenvalue weighted by molar-refractivity contribution is 6.00. The molecule has 3 N–H and O–H groups in total. The van der Waals surface area contributed by atoms with Crippen molar-refractivity contribution in [1.29, 1.82) is 0 Å². The number of nitrogens with one attached hydrogen (secondary N) is 2. The van der Waals surface area contributed by atoms with Gasteiger partial charge in [-0.05, 0) is 70.7 Å². The summed E-state index contributed by atoms with van der Waals surface area (Å²) in [5.41, 5.74) is 1.68. The molecule has 3 rings (SSSR count). The summed E-state index contributed by atoms with van der Waals surface area (Å²) in [5.74, 6) is -0.247. The van der Waals surface area contributed by atoms with Gasteiger partial charge in [-0.2, -0.15) is 0 Å². The number of likely N-dealkylation sites (N-methyl/N-ethyl adjacent to an activating group) is 1. The minimum Gasteiger partial charge on any atom is -0.490 e. The molecule has 4 amide bonds. The average molecular weight is 611 g/mol. The quantitative estimate of drug-likeness (QED) is 0.398. The molecule has 242 valence electrons. The maximum absolute atomic E-state index is 14.3. The van der Waals surface area contributed by atoms with Gasteiger partial charge in [0.1, 0.15) is 5.75 Å². The number of urea groups is 1. The number of ether oxygens (including phenoxy) is 2. The standard InChI is InChI=1S/C34H50N4O6/c1-23(2)35-34(42)37(6)21-31-24(3)20-38(25(4)22-39)33(41)29-19-28(36-32(40)18-27-13-8-7-9-14-27)15-16-30(29)44-26(5)12-10-11-17-43-31/h7-9,13-16,19,23-26,31,39H,10-12,17-18,20-22H2,1-6H3,(H,35,42)(H,36,40)/t24-,25-,26+,31+/m1/s1. The molecule has 10 nitrogen and oxygen atoms in total. The first-order valence-electron chi connectivity index (χ1n) is 15.7. The summed E-state index contributed by atoms with van der Waals surface area (Å²) in [5, 5.41) is 16.0. The number of hydrogen-bond donors (Lipinski definition) is 3. The maximum atomic E-state index is 14.3. The largest absolute Gasteiger partial charge is 0.490 e. The second kappa shape index (κ2) is 17.0. The van der Waals surface area contributed by atoms with Crippen LogP contribution in [-0.4, -0.2) is 90.4 Å². The summed E-state index contributed by atoms with van der Waals surface area (Å²) in [6.07, 6.45) is 2.17. The fourth-order valence-electron chi connectivity index (χ4n) is 5.16. The molecule has 0 saturated heterocycles. The van der Waals surface area contributed by atoms with Crippen molar-refractivity contribution in [1.82, 2.24) is 15.1 Å². The molecule has 1 aliphatic heterocycles. The summed E-state index contributed by atoms with van der Waals surface area (Å²) in [7, 11) is 1.74. The molecule has 4 atom stereocenters. The van der Waals surface area contributed by atoms with Gasteiger partial charge in [0.15, 0.2) is 0 Å². The third kappa shape index (κ3) is 10.5. The molecule has 44 heavy (non-hydrogen) atoms. The van der Waals surface area contributed by atoms with Crippen molar-refractivity contribution < 1.29 is 29.0 Å². The lowest BCUT2D eigenvalue weighted by Crippen LogP contribution is -2.49. The fourth-order valence-corrected chi connectivity index (χ4v) is 5.16. The number of nitrogens with zero attached hydrogens (tertiary/aromatic N) is 2. The Balaban J connectivity index is 1.91. The van der Waals surface area contributed by atoms with Crippen LogP contribution in [0.5, 0.6) is 5.75 Å². The van der Waals surface area contributed by atoms with Gasteiger partial charge in [-0.3, -0.25) is 9.59 Å². The number of hydrogen-bond acceptors (Lipinski definition) is 6. The number of aliphatic hydroxyl groups excluding tert-OH is 1. The van der Waals surface area contributed by atoms with E-state index in [-0.39, 0.29) is 61.6 Å². The molecule has 0 saturated carbocycles. The van der Waals surface area contributed by atoms with Crippen molar-refractivity contribution in [3.63, 3.8) is 0 Å². The first-order valence-corrected chi connectivity index (χ1v) is 15.7. The average Bonchev–Trinajstić information content (AvgIpc) is 2.98. The van der Waals surface area contributed by atoms with Gasteiger partial charge in [-0.1, -0.05) is 37.3 Å².